The van der Waals surface area contributed by atoms with Gasteiger partial charge in [-0.25, -0.2) is 0 Å². The molecule has 6 aromatic carbocycles. The molecule has 0 saturated carbocycles. The van der Waals surface area contributed by atoms with Crippen molar-refractivity contribution in [2.24, 2.45) is 0 Å². The lowest BCUT2D eigenvalue weighted by atomic mass is 9.99. The van der Waals surface area contributed by atoms with Crippen molar-refractivity contribution in [3.05, 3.63) is 127 Å². The van der Waals surface area contributed by atoms with Crippen molar-refractivity contribution in [2.75, 3.05) is 4.90 Å². The van der Waals surface area contributed by atoms with Gasteiger partial charge in [0, 0.05) is 36.9 Å². The maximum Gasteiger partial charge on any atom is 0.0554 e. The molecular formula is C33H23NS. The Hall–Kier alpha value is -4.14. The molecule has 0 unspecified atom stereocenters. The summed E-state index contributed by atoms with van der Waals surface area (Å²) in [6, 6.07) is 44.1. The maximum atomic E-state index is 2.39. The van der Waals surface area contributed by atoms with E-state index in [1.54, 1.807) is 0 Å². The van der Waals surface area contributed by atoms with Crippen LogP contribution in [0.5, 0.6) is 0 Å². The number of thiophene rings is 1. The van der Waals surface area contributed by atoms with Gasteiger partial charge in [-0.15, -0.1) is 11.3 Å². The van der Waals surface area contributed by atoms with Crippen LogP contribution in [0.3, 0.4) is 0 Å². The first-order chi connectivity index (χ1) is 17.3. The highest BCUT2D eigenvalue weighted by molar-refractivity contribution is 7.26. The summed E-state index contributed by atoms with van der Waals surface area (Å²) in [7, 11) is 0. The van der Waals surface area contributed by atoms with Crippen LogP contribution in [-0.4, -0.2) is 0 Å². The third kappa shape index (κ3) is 3.30. The number of anilines is 3. The SMILES string of the molecule is Cc1ccc(N(c2ccccc2)c2cc3sc4cc5ccccc5cc4c3c3ccccc23)cc1. The molecule has 166 valence electrons. The van der Waals surface area contributed by atoms with E-state index in [4.69, 9.17) is 0 Å². The van der Waals surface area contributed by atoms with Gasteiger partial charge in [0.15, 0.2) is 0 Å². The predicted octanol–water partition coefficient (Wildman–Crippen LogP) is 10.1. The second-order valence-corrected chi connectivity index (χ2v) is 10.2. The Balaban J connectivity index is 1.59. The Bertz CT molecular complexity index is 1850. The first-order valence-electron chi connectivity index (χ1n) is 11.9. The van der Waals surface area contributed by atoms with Gasteiger partial charge in [0.1, 0.15) is 0 Å². The van der Waals surface area contributed by atoms with Gasteiger partial charge in [-0.2, -0.15) is 0 Å². The molecule has 7 aromatic rings. The fourth-order valence-corrected chi connectivity index (χ4v) is 6.38. The van der Waals surface area contributed by atoms with Crippen LogP contribution < -0.4 is 4.90 Å². The smallest absolute Gasteiger partial charge is 0.0554 e. The summed E-state index contributed by atoms with van der Waals surface area (Å²) in [4.78, 5) is 2.39. The molecule has 1 aromatic heterocycles. The second kappa shape index (κ2) is 7.97. The van der Waals surface area contributed by atoms with Gasteiger partial charge < -0.3 is 4.90 Å². The molecule has 1 nitrogen and oxygen atoms in total. The number of benzene rings is 6. The molecule has 0 fully saturated rings. The molecule has 0 radical (unpaired) electrons. The van der Waals surface area contributed by atoms with Crippen LogP contribution >= 0.6 is 11.3 Å². The van der Waals surface area contributed by atoms with E-state index < -0.39 is 0 Å². The van der Waals surface area contributed by atoms with Gasteiger partial charge in [-0.05, 0) is 65.5 Å². The molecule has 7 rings (SSSR count). The third-order valence-electron chi connectivity index (χ3n) is 6.87. The number of rotatable bonds is 3. The van der Waals surface area contributed by atoms with E-state index in [1.807, 2.05) is 11.3 Å². The largest absolute Gasteiger partial charge is 0.310 e. The lowest BCUT2D eigenvalue weighted by Crippen LogP contribution is -2.10. The number of aryl methyl sites for hydroxylation is 1. The van der Waals surface area contributed by atoms with Gasteiger partial charge in [-0.3, -0.25) is 0 Å². The van der Waals surface area contributed by atoms with Crippen LogP contribution in [0.15, 0.2) is 121 Å². The molecule has 0 aliphatic heterocycles. The molecule has 35 heavy (non-hydrogen) atoms. The van der Waals surface area contributed by atoms with Gasteiger partial charge in [0.05, 0.1) is 5.69 Å². The molecule has 0 atom stereocenters. The molecular weight excluding hydrogens is 442 g/mol. The van der Waals surface area contributed by atoms with Crippen LogP contribution in [0.1, 0.15) is 5.56 Å². The zero-order chi connectivity index (χ0) is 23.4. The molecule has 1 heterocycles. The van der Waals surface area contributed by atoms with Crippen LogP contribution in [0, 0.1) is 6.92 Å². The Morgan fingerprint density at radius 1 is 0.514 bits per heavy atom. The second-order valence-electron chi connectivity index (χ2n) is 9.12. The van der Waals surface area contributed by atoms with Crippen LogP contribution in [0.25, 0.3) is 41.7 Å². The normalized spacial score (nSPS) is 11.6. The predicted molar refractivity (Wildman–Crippen MR) is 154 cm³/mol. The molecule has 0 saturated heterocycles. The monoisotopic (exact) mass is 465 g/mol. The van der Waals surface area contributed by atoms with Crippen LogP contribution in [0.2, 0.25) is 0 Å². The third-order valence-corrected chi connectivity index (χ3v) is 7.97. The Labute approximate surface area is 208 Å². The Morgan fingerprint density at radius 3 is 1.91 bits per heavy atom. The lowest BCUT2D eigenvalue weighted by Gasteiger charge is -2.27. The maximum absolute atomic E-state index is 2.39. The topological polar surface area (TPSA) is 3.24 Å². The van der Waals surface area contributed by atoms with E-state index in [2.05, 4.69) is 133 Å². The van der Waals surface area contributed by atoms with Gasteiger partial charge in [-0.1, -0.05) is 84.4 Å². The highest BCUT2D eigenvalue weighted by Crippen LogP contribution is 2.46. The Morgan fingerprint density at radius 2 is 1.14 bits per heavy atom. The fourth-order valence-electron chi connectivity index (χ4n) is 5.19. The number of hydrogen-bond acceptors (Lipinski definition) is 2. The average Bonchev–Trinajstić information content (AvgIpc) is 3.26. The van der Waals surface area contributed by atoms with Crippen molar-refractivity contribution in [2.45, 2.75) is 6.92 Å². The van der Waals surface area contributed by atoms with Crippen molar-refractivity contribution in [3.8, 4) is 0 Å². The summed E-state index contributed by atoms with van der Waals surface area (Å²) >= 11 is 1.89. The van der Waals surface area contributed by atoms with Gasteiger partial charge in [0.2, 0.25) is 0 Å². The van der Waals surface area contributed by atoms with Crippen molar-refractivity contribution in [1.82, 2.24) is 0 Å². The standard InChI is InChI=1S/C33H23NS/c1-22-15-17-26(18-16-22)34(25-11-3-2-4-12-25)30-21-32-33(28-14-8-7-13-27(28)30)29-19-23-9-5-6-10-24(23)20-31(29)35-32/h2-21H,1H3. The number of nitrogens with zero attached hydrogens (tertiary/aromatic N) is 1. The fraction of sp³-hybridized carbons (Fsp3) is 0.0303. The molecule has 0 bridgehead atoms. The summed E-state index contributed by atoms with van der Waals surface area (Å²) in [5.41, 5.74) is 4.80. The summed E-state index contributed by atoms with van der Waals surface area (Å²) in [6.07, 6.45) is 0. The Kier molecular flexibility index (Phi) is 4.61. The van der Waals surface area contributed by atoms with E-state index in [0.717, 1.165) is 11.4 Å². The summed E-state index contributed by atoms with van der Waals surface area (Å²) in [6.45, 7) is 2.14. The average molecular weight is 466 g/mol. The van der Waals surface area contributed by atoms with Crippen molar-refractivity contribution in [3.63, 3.8) is 0 Å². The summed E-state index contributed by atoms with van der Waals surface area (Å²) < 4.78 is 2.65. The molecule has 0 aliphatic rings. The minimum Gasteiger partial charge on any atom is -0.310 e. The minimum absolute atomic E-state index is 1.16. The lowest BCUT2D eigenvalue weighted by molar-refractivity contribution is 1.29. The van der Waals surface area contributed by atoms with Gasteiger partial charge >= 0.3 is 0 Å². The van der Waals surface area contributed by atoms with E-state index in [1.165, 1.54) is 53.0 Å². The van der Waals surface area contributed by atoms with Crippen molar-refractivity contribution >= 4 is 70.1 Å². The van der Waals surface area contributed by atoms with E-state index >= 15 is 0 Å². The molecule has 2 heteroatoms. The van der Waals surface area contributed by atoms with Gasteiger partial charge in [0.25, 0.3) is 0 Å². The molecule has 0 amide bonds. The molecule has 0 spiro atoms. The van der Waals surface area contributed by atoms with Crippen molar-refractivity contribution < 1.29 is 0 Å². The zero-order valence-electron chi connectivity index (χ0n) is 19.4. The highest BCUT2D eigenvalue weighted by atomic mass is 32.1. The van der Waals surface area contributed by atoms with E-state index in [0.29, 0.717) is 0 Å². The summed E-state index contributed by atoms with van der Waals surface area (Å²) in [5.74, 6) is 0. The van der Waals surface area contributed by atoms with E-state index in [-0.39, 0.29) is 0 Å². The zero-order valence-corrected chi connectivity index (χ0v) is 20.2. The minimum atomic E-state index is 1.16. The van der Waals surface area contributed by atoms with Crippen LogP contribution in [-0.2, 0) is 0 Å². The first kappa shape index (κ1) is 20.3. The molecule has 0 aliphatic carbocycles. The van der Waals surface area contributed by atoms with Crippen molar-refractivity contribution in [1.29, 1.82) is 0 Å². The number of fused-ring (bicyclic) bond motifs is 6. The number of hydrogen-bond donors (Lipinski definition) is 0. The van der Waals surface area contributed by atoms with Crippen LogP contribution in [0.4, 0.5) is 17.1 Å². The highest BCUT2D eigenvalue weighted by Gasteiger charge is 2.19. The van der Waals surface area contributed by atoms with E-state index in [9.17, 15) is 0 Å². The quantitative estimate of drug-likeness (QED) is 0.251. The number of para-hydroxylation sites is 1. The molecule has 0 N–H and O–H groups in total. The summed E-state index contributed by atoms with van der Waals surface area (Å²) in [5, 5.41) is 7.84. The first-order valence-corrected chi connectivity index (χ1v) is 12.8.